The van der Waals surface area contributed by atoms with Crippen LogP contribution in [0.3, 0.4) is 0 Å². The number of aliphatic hydroxyl groups is 1. The van der Waals surface area contributed by atoms with Crippen molar-refractivity contribution in [2.24, 2.45) is 0 Å². The molecule has 1 aliphatic heterocycles. The quantitative estimate of drug-likeness (QED) is 0.520. The lowest BCUT2D eigenvalue weighted by molar-refractivity contribution is -0.0871. The normalized spacial score (nSPS) is 21.2. The summed E-state index contributed by atoms with van der Waals surface area (Å²) in [7, 11) is -2.30. The Labute approximate surface area is 186 Å². The van der Waals surface area contributed by atoms with Crippen LogP contribution in [0.1, 0.15) is 29.6 Å². The fourth-order valence-electron chi connectivity index (χ4n) is 3.59. The number of methoxy groups -OCH3 is 1. The summed E-state index contributed by atoms with van der Waals surface area (Å²) < 4.78 is 52.6. The molecule has 1 aliphatic rings. The first-order chi connectivity index (χ1) is 15.3. The van der Waals surface area contributed by atoms with Crippen LogP contribution in [0.5, 0.6) is 5.75 Å². The van der Waals surface area contributed by atoms with E-state index in [2.05, 4.69) is 10.0 Å². The minimum atomic E-state index is -3.80. The largest absolute Gasteiger partial charge is 0.497 e. The maximum atomic E-state index is 13.7. The molecule has 2 aromatic rings. The highest BCUT2D eigenvalue weighted by molar-refractivity contribution is 7.89. The number of halogens is 1. The van der Waals surface area contributed by atoms with Gasteiger partial charge in [-0.05, 0) is 55.7 Å². The second kappa shape index (κ2) is 10.9. The molecule has 174 valence electrons. The van der Waals surface area contributed by atoms with E-state index in [9.17, 15) is 22.7 Å². The summed E-state index contributed by atoms with van der Waals surface area (Å²) in [5, 5.41) is 12.4. The van der Waals surface area contributed by atoms with E-state index in [1.165, 1.54) is 37.4 Å². The molecule has 0 aliphatic carbocycles. The molecular formula is C22H27FN2O6S. The summed E-state index contributed by atoms with van der Waals surface area (Å²) in [5.41, 5.74) is -0.0294. The minimum Gasteiger partial charge on any atom is -0.497 e. The number of ether oxygens (including phenoxy) is 2. The summed E-state index contributed by atoms with van der Waals surface area (Å²) in [6.07, 6.45) is 0.474. The molecule has 1 fully saturated rings. The Morgan fingerprint density at radius 2 is 1.91 bits per heavy atom. The zero-order valence-electron chi connectivity index (χ0n) is 17.7. The van der Waals surface area contributed by atoms with Crippen molar-refractivity contribution < 1.29 is 32.2 Å². The van der Waals surface area contributed by atoms with Gasteiger partial charge >= 0.3 is 0 Å². The number of rotatable bonds is 9. The number of carbonyl (C=O) groups is 1. The second-order valence-corrected chi connectivity index (χ2v) is 9.20. The van der Waals surface area contributed by atoms with Crippen LogP contribution in [0, 0.1) is 5.82 Å². The Balaban J connectivity index is 1.52. The SMILES string of the molecule is COc1ccc(S(=O)(=O)N[C@@H]2CC[C@@H](CCNC(=O)c3ccccc3F)O[C@H]2CO)cc1. The molecule has 1 saturated heterocycles. The Morgan fingerprint density at radius 3 is 2.56 bits per heavy atom. The van der Waals surface area contributed by atoms with E-state index in [0.29, 0.717) is 25.0 Å². The van der Waals surface area contributed by atoms with Crippen molar-refractivity contribution in [1.82, 2.24) is 10.0 Å². The highest BCUT2D eigenvalue weighted by Crippen LogP contribution is 2.24. The monoisotopic (exact) mass is 466 g/mol. The molecule has 10 heteroatoms. The van der Waals surface area contributed by atoms with Crippen LogP contribution in [-0.4, -0.2) is 57.9 Å². The van der Waals surface area contributed by atoms with E-state index in [4.69, 9.17) is 9.47 Å². The molecule has 3 atom stereocenters. The molecule has 2 aromatic carbocycles. The fourth-order valence-corrected chi connectivity index (χ4v) is 4.89. The lowest BCUT2D eigenvalue weighted by atomic mass is 9.98. The van der Waals surface area contributed by atoms with Crippen LogP contribution < -0.4 is 14.8 Å². The number of benzene rings is 2. The highest BCUT2D eigenvalue weighted by Gasteiger charge is 2.34. The molecule has 0 aromatic heterocycles. The summed E-state index contributed by atoms with van der Waals surface area (Å²) in [5.74, 6) is -0.558. The average Bonchev–Trinajstić information content (AvgIpc) is 2.80. The van der Waals surface area contributed by atoms with E-state index in [1.54, 1.807) is 18.2 Å². The van der Waals surface area contributed by atoms with Gasteiger partial charge in [-0.25, -0.2) is 17.5 Å². The second-order valence-electron chi connectivity index (χ2n) is 7.48. The first-order valence-corrected chi connectivity index (χ1v) is 11.8. The molecular weight excluding hydrogens is 439 g/mol. The number of amides is 1. The van der Waals surface area contributed by atoms with Crippen molar-refractivity contribution in [2.45, 2.75) is 42.4 Å². The molecule has 8 nitrogen and oxygen atoms in total. The molecule has 1 amide bonds. The van der Waals surface area contributed by atoms with Gasteiger partial charge in [0.1, 0.15) is 11.6 Å². The van der Waals surface area contributed by atoms with Crippen LogP contribution in [0.4, 0.5) is 4.39 Å². The molecule has 0 unspecified atom stereocenters. The lowest BCUT2D eigenvalue weighted by Crippen LogP contribution is -2.51. The van der Waals surface area contributed by atoms with Crippen LogP contribution >= 0.6 is 0 Å². The van der Waals surface area contributed by atoms with Crippen molar-refractivity contribution >= 4 is 15.9 Å². The maximum absolute atomic E-state index is 13.7. The minimum absolute atomic E-state index is 0.0294. The molecule has 3 rings (SSSR count). The summed E-state index contributed by atoms with van der Waals surface area (Å²) >= 11 is 0. The Kier molecular flexibility index (Phi) is 8.19. The van der Waals surface area contributed by atoms with Crippen molar-refractivity contribution in [3.8, 4) is 5.75 Å². The molecule has 3 N–H and O–H groups in total. The van der Waals surface area contributed by atoms with Crippen molar-refractivity contribution in [1.29, 1.82) is 0 Å². The number of carbonyl (C=O) groups excluding carboxylic acids is 1. The number of aliphatic hydroxyl groups excluding tert-OH is 1. The molecule has 32 heavy (non-hydrogen) atoms. The van der Waals surface area contributed by atoms with E-state index < -0.39 is 33.9 Å². The zero-order chi connectivity index (χ0) is 23.1. The highest BCUT2D eigenvalue weighted by atomic mass is 32.2. The van der Waals surface area contributed by atoms with Gasteiger partial charge in [-0.1, -0.05) is 12.1 Å². The predicted molar refractivity (Wildman–Crippen MR) is 115 cm³/mol. The maximum Gasteiger partial charge on any atom is 0.254 e. The molecule has 0 bridgehead atoms. The Hall–Kier alpha value is -2.53. The van der Waals surface area contributed by atoms with Gasteiger partial charge in [-0.3, -0.25) is 4.79 Å². The van der Waals surface area contributed by atoms with Crippen molar-refractivity contribution in [3.63, 3.8) is 0 Å². The molecule has 0 radical (unpaired) electrons. The van der Waals surface area contributed by atoms with Gasteiger partial charge in [-0.2, -0.15) is 0 Å². The van der Waals surface area contributed by atoms with Gasteiger partial charge in [0.05, 0.1) is 42.4 Å². The Bertz CT molecular complexity index is 1020. The third-order valence-corrected chi connectivity index (χ3v) is 6.85. The van der Waals surface area contributed by atoms with Crippen molar-refractivity contribution in [2.75, 3.05) is 20.3 Å². The standard InChI is InChI=1S/C22H27FN2O6S/c1-30-15-6-9-17(10-7-15)32(28,29)25-20-11-8-16(31-21(20)14-26)12-13-24-22(27)18-4-2-3-5-19(18)23/h2-7,9-10,16,20-21,25-26H,8,11-14H2,1H3,(H,24,27)/t16-,20+,21-/m0/s1. The van der Waals surface area contributed by atoms with Crippen LogP contribution in [0.2, 0.25) is 0 Å². The van der Waals surface area contributed by atoms with Crippen LogP contribution in [-0.2, 0) is 14.8 Å². The van der Waals surface area contributed by atoms with Crippen molar-refractivity contribution in [3.05, 3.63) is 59.9 Å². The summed E-state index contributed by atoms with van der Waals surface area (Å²) in [4.78, 5) is 12.2. The van der Waals surface area contributed by atoms with E-state index >= 15 is 0 Å². The van der Waals surface area contributed by atoms with Gasteiger partial charge < -0.3 is 19.9 Å². The smallest absolute Gasteiger partial charge is 0.254 e. The number of sulfonamides is 1. The lowest BCUT2D eigenvalue weighted by Gasteiger charge is -2.36. The van der Waals surface area contributed by atoms with Gasteiger partial charge in [-0.15, -0.1) is 0 Å². The molecule has 0 spiro atoms. The first-order valence-electron chi connectivity index (χ1n) is 10.3. The molecule has 1 heterocycles. The average molecular weight is 467 g/mol. The topological polar surface area (TPSA) is 114 Å². The van der Waals surface area contributed by atoms with Gasteiger partial charge in [0.15, 0.2) is 0 Å². The number of hydrogen-bond donors (Lipinski definition) is 3. The number of nitrogens with one attached hydrogen (secondary N) is 2. The van der Waals surface area contributed by atoms with Crippen LogP contribution in [0.15, 0.2) is 53.4 Å². The van der Waals surface area contributed by atoms with E-state index in [-0.39, 0.29) is 29.7 Å². The Morgan fingerprint density at radius 1 is 1.19 bits per heavy atom. The third kappa shape index (κ3) is 6.04. The fraction of sp³-hybridized carbons (Fsp3) is 0.409. The van der Waals surface area contributed by atoms with Gasteiger partial charge in [0, 0.05) is 6.54 Å². The predicted octanol–water partition coefficient (Wildman–Crippen LogP) is 1.84. The number of hydrogen-bond acceptors (Lipinski definition) is 6. The van der Waals surface area contributed by atoms with E-state index in [1.807, 2.05) is 0 Å². The van der Waals surface area contributed by atoms with Gasteiger partial charge in [0.25, 0.3) is 5.91 Å². The third-order valence-electron chi connectivity index (χ3n) is 5.34. The first kappa shape index (κ1) is 24.1. The summed E-state index contributed by atoms with van der Waals surface area (Å²) in [6.45, 7) is -0.0912. The summed E-state index contributed by atoms with van der Waals surface area (Å²) in [6, 6.07) is 11.1. The van der Waals surface area contributed by atoms with E-state index in [0.717, 1.165) is 0 Å². The van der Waals surface area contributed by atoms with Crippen LogP contribution in [0.25, 0.3) is 0 Å². The van der Waals surface area contributed by atoms with Gasteiger partial charge in [0.2, 0.25) is 10.0 Å². The zero-order valence-corrected chi connectivity index (χ0v) is 18.5. The molecule has 0 saturated carbocycles.